The van der Waals surface area contributed by atoms with E-state index in [1.165, 1.54) is 12.1 Å². The van der Waals surface area contributed by atoms with Gasteiger partial charge in [0.15, 0.2) is 0 Å². The summed E-state index contributed by atoms with van der Waals surface area (Å²) in [5.41, 5.74) is 0.471. The van der Waals surface area contributed by atoms with Crippen LogP contribution in [0.25, 0.3) is 6.08 Å². The Kier molecular flexibility index (Phi) is 2.14. The van der Waals surface area contributed by atoms with Crippen LogP contribution in [0, 0.1) is 0 Å². The first-order valence-corrected chi connectivity index (χ1v) is 5.78. The highest BCUT2D eigenvalue weighted by Crippen LogP contribution is 2.36. The second-order valence-corrected chi connectivity index (χ2v) is 5.30. The van der Waals surface area contributed by atoms with Gasteiger partial charge < -0.3 is 5.11 Å². The summed E-state index contributed by atoms with van der Waals surface area (Å²) in [5.74, 6) is 0. The third-order valence-electron chi connectivity index (χ3n) is 2.11. The smallest absolute Gasteiger partial charge is 0.205 e. The number of hydrogen-bond acceptors (Lipinski definition) is 3. The van der Waals surface area contributed by atoms with E-state index in [4.69, 9.17) is 16.7 Å². The SMILES string of the molecule is O=S1(=O)C(CO)=Cc2c(Cl)cccc21. The fourth-order valence-electron chi connectivity index (χ4n) is 1.40. The van der Waals surface area contributed by atoms with Gasteiger partial charge in [-0.15, -0.1) is 0 Å². The molecule has 0 bridgehead atoms. The predicted molar refractivity (Wildman–Crippen MR) is 53.7 cm³/mol. The number of hydrogen-bond donors (Lipinski definition) is 1. The molecule has 0 fully saturated rings. The van der Waals surface area contributed by atoms with E-state index in [0.29, 0.717) is 10.6 Å². The molecule has 1 N–H and O–H groups in total. The molecule has 0 aromatic heterocycles. The van der Waals surface area contributed by atoms with Crippen molar-refractivity contribution in [2.24, 2.45) is 0 Å². The first kappa shape index (κ1) is 9.71. The average molecular weight is 231 g/mol. The maximum Gasteiger partial charge on any atom is 0.205 e. The molecule has 0 aliphatic carbocycles. The number of aliphatic hydroxyl groups is 1. The van der Waals surface area contributed by atoms with Gasteiger partial charge in [0.1, 0.15) is 0 Å². The summed E-state index contributed by atoms with van der Waals surface area (Å²) in [7, 11) is -3.49. The Morgan fingerprint density at radius 2 is 2.07 bits per heavy atom. The van der Waals surface area contributed by atoms with Crippen molar-refractivity contribution in [2.75, 3.05) is 6.61 Å². The summed E-state index contributed by atoms with van der Waals surface area (Å²) in [4.78, 5) is 0.176. The van der Waals surface area contributed by atoms with Gasteiger partial charge in [-0.2, -0.15) is 0 Å². The van der Waals surface area contributed by atoms with Crippen LogP contribution in [0.3, 0.4) is 0 Å². The van der Waals surface area contributed by atoms with Crippen molar-refractivity contribution in [1.29, 1.82) is 0 Å². The summed E-state index contributed by atoms with van der Waals surface area (Å²) in [6, 6.07) is 4.68. The third-order valence-corrected chi connectivity index (χ3v) is 4.31. The minimum Gasteiger partial charge on any atom is -0.391 e. The molecule has 1 aliphatic rings. The number of aliphatic hydroxyl groups excluding tert-OH is 1. The van der Waals surface area contributed by atoms with Crippen LogP contribution in [0.15, 0.2) is 28.0 Å². The first-order valence-electron chi connectivity index (χ1n) is 3.92. The van der Waals surface area contributed by atoms with E-state index in [2.05, 4.69) is 0 Å². The van der Waals surface area contributed by atoms with Gasteiger partial charge >= 0.3 is 0 Å². The largest absolute Gasteiger partial charge is 0.391 e. The lowest BCUT2D eigenvalue weighted by Crippen LogP contribution is -2.03. The van der Waals surface area contributed by atoms with E-state index < -0.39 is 16.4 Å². The van der Waals surface area contributed by atoms with E-state index in [1.54, 1.807) is 12.1 Å². The molecule has 3 nitrogen and oxygen atoms in total. The molecular weight excluding hydrogens is 224 g/mol. The van der Waals surface area contributed by atoms with Gasteiger partial charge in [-0.25, -0.2) is 8.42 Å². The van der Waals surface area contributed by atoms with Gasteiger partial charge in [0.05, 0.1) is 16.4 Å². The van der Waals surface area contributed by atoms with Crippen LogP contribution in [0.5, 0.6) is 0 Å². The van der Waals surface area contributed by atoms with Gasteiger partial charge in [-0.05, 0) is 18.2 Å². The molecule has 1 aromatic rings. The Bertz CT molecular complexity index is 517. The number of benzene rings is 1. The minimum atomic E-state index is -3.49. The highest BCUT2D eigenvalue weighted by Gasteiger charge is 2.29. The van der Waals surface area contributed by atoms with E-state index in [1.807, 2.05) is 0 Å². The first-order chi connectivity index (χ1) is 6.57. The van der Waals surface area contributed by atoms with E-state index in [9.17, 15) is 8.42 Å². The van der Waals surface area contributed by atoms with Crippen LogP contribution in [-0.2, 0) is 9.84 Å². The van der Waals surface area contributed by atoms with Gasteiger partial charge in [-0.1, -0.05) is 17.7 Å². The quantitative estimate of drug-likeness (QED) is 0.795. The van der Waals surface area contributed by atoms with Gasteiger partial charge in [0.2, 0.25) is 9.84 Å². The zero-order chi connectivity index (χ0) is 10.3. The van der Waals surface area contributed by atoms with Crippen molar-refractivity contribution in [1.82, 2.24) is 0 Å². The van der Waals surface area contributed by atoms with Crippen molar-refractivity contribution in [3.63, 3.8) is 0 Å². The summed E-state index contributed by atoms with van der Waals surface area (Å²) in [6.45, 7) is -0.493. The number of halogens is 1. The third kappa shape index (κ3) is 1.19. The van der Waals surface area contributed by atoms with Crippen molar-refractivity contribution in [3.8, 4) is 0 Å². The second-order valence-electron chi connectivity index (χ2n) is 2.92. The Balaban J connectivity index is 2.78. The molecule has 74 valence electrons. The van der Waals surface area contributed by atoms with E-state index >= 15 is 0 Å². The Hall–Kier alpha value is -0.840. The standard InChI is InChI=1S/C9H7ClO3S/c10-8-2-1-3-9-7(8)4-6(5-11)14(9,12)13/h1-4,11H,5H2. The Labute approximate surface area is 86.6 Å². The van der Waals surface area contributed by atoms with Crippen LogP contribution in [0.4, 0.5) is 0 Å². The molecule has 0 saturated carbocycles. The molecule has 5 heteroatoms. The molecule has 1 aliphatic heterocycles. The average Bonchev–Trinajstić information content (AvgIpc) is 2.40. The molecule has 1 aromatic carbocycles. The van der Waals surface area contributed by atoms with Gasteiger partial charge in [0.25, 0.3) is 0 Å². The van der Waals surface area contributed by atoms with Crippen molar-refractivity contribution >= 4 is 27.5 Å². The lowest BCUT2D eigenvalue weighted by Gasteiger charge is -2.00. The van der Waals surface area contributed by atoms with E-state index in [0.717, 1.165) is 0 Å². The normalized spacial score (nSPS) is 17.7. The monoisotopic (exact) mass is 230 g/mol. The molecule has 0 saturated heterocycles. The molecule has 0 radical (unpaired) electrons. The van der Waals surface area contributed by atoms with Crippen molar-refractivity contribution in [2.45, 2.75) is 4.90 Å². The Morgan fingerprint density at radius 3 is 2.64 bits per heavy atom. The molecule has 14 heavy (non-hydrogen) atoms. The Morgan fingerprint density at radius 1 is 1.36 bits per heavy atom. The van der Waals surface area contributed by atoms with Gasteiger partial charge in [-0.3, -0.25) is 0 Å². The highest BCUT2D eigenvalue weighted by molar-refractivity contribution is 7.95. The summed E-state index contributed by atoms with van der Waals surface area (Å²) in [6.07, 6.45) is 1.41. The lowest BCUT2D eigenvalue weighted by molar-refractivity contribution is 0.339. The fourth-order valence-corrected chi connectivity index (χ4v) is 3.13. The minimum absolute atomic E-state index is 0.000556. The molecule has 0 unspecified atom stereocenters. The maximum atomic E-state index is 11.7. The molecule has 0 spiro atoms. The van der Waals surface area contributed by atoms with Crippen molar-refractivity contribution in [3.05, 3.63) is 33.7 Å². The van der Waals surface area contributed by atoms with E-state index in [-0.39, 0.29) is 9.80 Å². The van der Waals surface area contributed by atoms with Crippen LogP contribution in [0.1, 0.15) is 5.56 Å². The highest BCUT2D eigenvalue weighted by atomic mass is 35.5. The van der Waals surface area contributed by atoms with Crippen LogP contribution < -0.4 is 0 Å². The summed E-state index contributed by atoms with van der Waals surface area (Å²) < 4.78 is 23.4. The summed E-state index contributed by atoms with van der Waals surface area (Å²) >= 11 is 5.83. The molecule has 1 heterocycles. The molecule has 0 atom stereocenters. The van der Waals surface area contributed by atoms with Crippen LogP contribution in [0.2, 0.25) is 5.02 Å². The van der Waals surface area contributed by atoms with Crippen LogP contribution in [-0.4, -0.2) is 20.1 Å². The van der Waals surface area contributed by atoms with Crippen molar-refractivity contribution < 1.29 is 13.5 Å². The molecule has 0 amide bonds. The molecule has 2 rings (SSSR count). The fraction of sp³-hybridized carbons (Fsp3) is 0.111. The zero-order valence-electron chi connectivity index (χ0n) is 7.07. The van der Waals surface area contributed by atoms with Gasteiger partial charge in [0, 0.05) is 10.6 Å². The second kappa shape index (κ2) is 3.08. The summed E-state index contributed by atoms with van der Waals surface area (Å²) in [5, 5.41) is 9.26. The maximum absolute atomic E-state index is 11.7. The zero-order valence-corrected chi connectivity index (χ0v) is 8.64. The number of fused-ring (bicyclic) bond motifs is 1. The number of sulfone groups is 1. The predicted octanol–water partition coefficient (Wildman–Crippen LogP) is 1.46. The lowest BCUT2D eigenvalue weighted by atomic mass is 10.2. The molecular formula is C9H7ClO3S. The number of rotatable bonds is 1. The topological polar surface area (TPSA) is 54.4 Å². The van der Waals surface area contributed by atoms with Crippen LogP contribution >= 0.6 is 11.6 Å².